The van der Waals surface area contributed by atoms with E-state index in [1.807, 2.05) is 0 Å². The van der Waals surface area contributed by atoms with Gasteiger partial charge in [-0.3, -0.25) is 4.98 Å². The quantitative estimate of drug-likeness (QED) is 0.866. The standard InChI is InChI=1S/C13H15FN2OS/c14-11-3-1-10(2-4-11)13(7-15,8-17)5-12-6-16-9-18-12/h1-4,6,9,17H,5,7-8,15H2. The van der Waals surface area contributed by atoms with Crippen LogP contribution in [-0.2, 0) is 11.8 Å². The molecule has 0 amide bonds. The highest BCUT2D eigenvalue weighted by atomic mass is 32.1. The van der Waals surface area contributed by atoms with Crippen molar-refractivity contribution in [1.82, 2.24) is 4.98 Å². The van der Waals surface area contributed by atoms with Crippen molar-refractivity contribution in [3.05, 3.63) is 52.2 Å². The lowest BCUT2D eigenvalue weighted by Gasteiger charge is -2.30. The van der Waals surface area contributed by atoms with Crippen molar-refractivity contribution in [3.8, 4) is 0 Å². The molecule has 18 heavy (non-hydrogen) atoms. The molecular weight excluding hydrogens is 251 g/mol. The van der Waals surface area contributed by atoms with Crippen molar-refractivity contribution < 1.29 is 9.50 Å². The van der Waals surface area contributed by atoms with Crippen LogP contribution in [0.2, 0.25) is 0 Å². The van der Waals surface area contributed by atoms with E-state index in [0.29, 0.717) is 13.0 Å². The van der Waals surface area contributed by atoms with Crippen LogP contribution >= 0.6 is 11.3 Å². The second kappa shape index (κ2) is 5.56. The number of aliphatic hydroxyl groups excluding tert-OH is 1. The topological polar surface area (TPSA) is 59.1 Å². The molecule has 3 nitrogen and oxygen atoms in total. The van der Waals surface area contributed by atoms with E-state index in [4.69, 9.17) is 5.73 Å². The van der Waals surface area contributed by atoms with Gasteiger partial charge in [0.2, 0.25) is 0 Å². The SMILES string of the molecule is NCC(CO)(Cc1cncs1)c1ccc(F)cc1. The van der Waals surface area contributed by atoms with Gasteiger partial charge in [0.15, 0.2) is 0 Å². The lowest BCUT2D eigenvalue weighted by Crippen LogP contribution is -2.40. The van der Waals surface area contributed by atoms with E-state index < -0.39 is 5.41 Å². The average Bonchev–Trinajstić information content (AvgIpc) is 2.90. The summed E-state index contributed by atoms with van der Waals surface area (Å²) in [6, 6.07) is 6.14. The normalized spacial score (nSPS) is 14.4. The van der Waals surface area contributed by atoms with Crippen LogP contribution in [0, 0.1) is 5.82 Å². The molecule has 0 radical (unpaired) electrons. The fourth-order valence-corrected chi connectivity index (χ4v) is 2.71. The molecule has 0 saturated carbocycles. The number of nitrogens with zero attached hydrogens (tertiary/aromatic N) is 1. The summed E-state index contributed by atoms with van der Waals surface area (Å²) in [5.41, 5.74) is 7.86. The zero-order valence-electron chi connectivity index (χ0n) is 9.84. The lowest BCUT2D eigenvalue weighted by atomic mass is 9.78. The second-order valence-corrected chi connectivity index (χ2v) is 5.26. The summed E-state index contributed by atoms with van der Waals surface area (Å²) in [7, 11) is 0. The molecule has 0 aliphatic heterocycles. The number of aliphatic hydroxyl groups is 1. The van der Waals surface area contributed by atoms with Gasteiger partial charge in [-0.15, -0.1) is 11.3 Å². The Kier molecular flexibility index (Phi) is 4.06. The highest BCUT2D eigenvalue weighted by Crippen LogP contribution is 2.28. The van der Waals surface area contributed by atoms with Gasteiger partial charge < -0.3 is 10.8 Å². The smallest absolute Gasteiger partial charge is 0.123 e. The number of halogens is 1. The van der Waals surface area contributed by atoms with Gasteiger partial charge in [0.1, 0.15) is 5.82 Å². The highest BCUT2D eigenvalue weighted by molar-refractivity contribution is 7.09. The van der Waals surface area contributed by atoms with Crippen molar-refractivity contribution in [1.29, 1.82) is 0 Å². The molecule has 96 valence electrons. The summed E-state index contributed by atoms with van der Waals surface area (Å²) in [4.78, 5) is 5.07. The minimum Gasteiger partial charge on any atom is -0.395 e. The van der Waals surface area contributed by atoms with Crippen LogP contribution in [0.15, 0.2) is 36.0 Å². The maximum absolute atomic E-state index is 13.0. The molecule has 1 heterocycles. The fourth-order valence-electron chi connectivity index (χ4n) is 1.97. The molecule has 0 spiro atoms. The van der Waals surface area contributed by atoms with Gasteiger partial charge in [-0.2, -0.15) is 0 Å². The van der Waals surface area contributed by atoms with Gasteiger partial charge in [0.25, 0.3) is 0 Å². The Morgan fingerprint density at radius 1 is 1.33 bits per heavy atom. The van der Waals surface area contributed by atoms with Crippen LogP contribution in [0.4, 0.5) is 4.39 Å². The average molecular weight is 266 g/mol. The van der Waals surface area contributed by atoms with Crippen LogP contribution in [0.5, 0.6) is 0 Å². The van der Waals surface area contributed by atoms with Crippen LogP contribution < -0.4 is 5.73 Å². The van der Waals surface area contributed by atoms with Crippen molar-refractivity contribution in [3.63, 3.8) is 0 Å². The molecule has 0 aliphatic carbocycles. The Labute approximate surface area is 109 Å². The maximum Gasteiger partial charge on any atom is 0.123 e. The van der Waals surface area contributed by atoms with Crippen molar-refractivity contribution in [2.75, 3.05) is 13.2 Å². The summed E-state index contributed by atoms with van der Waals surface area (Å²) in [5, 5.41) is 9.71. The van der Waals surface area contributed by atoms with Gasteiger partial charge in [-0.1, -0.05) is 12.1 Å². The third-order valence-electron chi connectivity index (χ3n) is 3.15. The largest absolute Gasteiger partial charge is 0.395 e. The first-order valence-corrected chi connectivity index (χ1v) is 6.52. The molecule has 1 unspecified atom stereocenters. The minimum absolute atomic E-state index is 0.0764. The number of aromatic nitrogens is 1. The molecule has 2 rings (SSSR count). The Bertz CT molecular complexity index is 480. The third-order valence-corrected chi connectivity index (χ3v) is 3.93. The molecule has 5 heteroatoms. The summed E-state index contributed by atoms with van der Waals surface area (Å²) in [6.45, 7) is 0.222. The van der Waals surface area contributed by atoms with Gasteiger partial charge in [-0.25, -0.2) is 4.39 Å². The molecule has 0 saturated heterocycles. The number of hydrogen-bond acceptors (Lipinski definition) is 4. The van der Waals surface area contributed by atoms with Crippen molar-refractivity contribution >= 4 is 11.3 Å². The first kappa shape index (κ1) is 13.1. The zero-order chi connectivity index (χ0) is 13.0. The highest BCUT2D eigenvalue weighted by Gasteiger charge is 2.31. The van der Waals surface area contributed by atoms with E-state index in [2.05, 4.69) is 4.98 Å². The van der Waals surface area contributed by atoms with Gasteiger partial charge in [-0.05, 0) is 24.1 Å². The minimum atomic E-state index is -0.569. The summed E-state index contributed by atoms with van der Waals surface area (Å²) in [6.07, 6.45) is 2.38. The molecule has 2 aromatic rings. The predicted molar refractivity (Wildman–Crippen MR) is 70.0 cm³/mol. The van der Waals surface area contributed by atoms with Crippen LogP contribution in [-0.4, -0.2) is 23.2 Å². The van der Waals surface area contributed by atoms with E-state index in [0.717, 1.165) is 10.4 Å². The van der Waals surface area contributed by atoms with E-state index in [9.17, 15) is 9.50 Å². The first-order chi connectivity index (χ1) is 8.70. The zero-order valence-corrected chi connectivity index (χ0v) is 10.7. The third kappa shape index (κ3) is 2.58. The number of benzene rings is 1. The molecule has 1 atom stereocenters. The van der Waals surface area contributed by atoms with E-state index in [1.165, 1.54) is 23.5 Å². The molecule has 3 N–H and O–H groups in total. The first-order valence-electron chi connectivity index (χ1n) is 5.64. The van der Waals surface area contributed by atoms with E-state index in [-0.39, 0.29) is 12.4 Å². The Morgan fingerprint density at radius 3 is 2.56 bits per heavy atom. The number of thiazole rings is 1. The molecule has 1 aromatic carbocycles. The van der Waals surface area contributed by atoms with Gasteiger partial charge in [0, 0.05) is 23.0 Å². The van der Waals surface area contributed by atoms with E-state index >= 15 is 0 Å². The second-order valence-electron chi connectivity index (χ2n) is 4.29. The molecule has 1 aromatic heterocycles. The monoisotopic (exact) mass is 266 g/mol. The Balaban J connectivity index is 2.33. The van der Waals surface area contributed by atoms with Crippen LogP contribution in [0.25, 0.3) is 0 Å². The number of rotatable bonds is 5. The Morgan fingerprint density at radius 2 is 2.06 bits per heavy atom. The van der Waals surface area contributed by atoms with Crippen LogP contribution in [0.1, 0.15) is 10.4 Å². The van der Waals surface area contributed by atoms with Crippen molar-refractivity contribution in [2.45, 2.75) is 11.8 Å². The maximum atomic E-state index is 13.0. The lowest BCUT2D eigenvalue weighted by molar-refractivity contribution is 0.196. The Hall–Kier alpha value is -1.30. The van der Waals surface area contributed by atoms with Crippen molar-refractivity contribution in [2.24, 2.45) is 5.73 Å². The molecular formula is C13H15FN2OS. The molecule has 0 fully saturated rings. The summed E-state index contributed by atoms with van der Waals surface area (Å²) >= 11 is 1.53. The molecule has 0 aliphatic rings. The molecule has 0 bridgehead atoms. The fraction of sp³-hybridized carbons (Fsp3) is 0.308. The van der Waals surface area contributed by atoms with E-state index in [1.54, 1.807) is 23.8 Å². The van der Waals surface area contributed by atoms with Crippen LogP contribution in [0.3, 0.4) is 0 Å². The van der Waals surface area contributed by atoms with Gasteiger partial charge in [0.05, 0.1) is 12.1 Å². The number of nitrogens with two attached hydrogens (primary N) is 1. The number of hydrogen-bond donors (Lipinski definition) is 2. The summed E-state index contributed by atoms with van der Waals surface area (Å²) in [5.74, 6) is -0.291. The van der Waals surface area contributed by atoms with Gasteiger partial charge >= 0.3 is 0 Å². The summed E-state index contributed by atoms with van der Waals surface area (Å²) < 4.78 is 13.0. The predicted octanol–water partition coefficient (Wildman–Crippen LogP) is 1.71.